The van der Waals surface area contributed by atoms with Crippen LogP contribution in [0.25, 0.3) is 11.3 Å². The zero-order valence-corrected chi connectivity index (χ0v) is 12.4. The maximum Gasteiger partial charge on any atom is 0.339 e. The number of benzene rings is 1. The molecule has 0 saturated heterocycles. The quantitative estimate of drug-likeness (QED) is 0.792. The summed E-state index contributed by atoms with van der Waals surface area (Å²) in [6, 6.07) is 12.0. The van der Waals surface area contributed by atoms with Crippen molar-refractivity contribution >= 4 is 5.97 Å². The molecule has 3 heteroatoms. The van der Waals surface area contributed by atoms with Crippen molar-refractivity contribution in [3.05, 3.63) is 53.2 Å². The molecule has 21 heavy (non-hydrogen) atoms. The van der Waals surface area contributed by atoms with Gasteiger partial charge in [0.05, 0.1) is 23.6 Å². The summed E-state index contributed by atoms with van der Waals surface area (Å²) in [5.74, 6) is 0.150. The van der Waals surface area contributed by atoms with Gasteiger partial charge in [-0.25, -0.2) is 4.79 Å². The summed E-state index contributed by atoms with van der Waals surface area (Å²) in [5, 5.41) is 0. The number of ether oxygens (including phenoxy) is 1. The van der Waals surface area contributed by atoms with Crippen LogP contribution in [-0.2, 0) is 4.74 Å². The molecule has 0 N–H and O–H groups in total. The first-order valence-electron chi connectivity index (χ1n) is 7.44. The second-order valence-corrected chi connectivity index (χ2v) is 5.49. The highest BCUT2D eigenvalue weighted by Crippen LogP contribution is 2.41. The lowest BCUT2D eigenvalue weighted by Gasteiger charge is -2.10. The zero-order chi connectivity index (χ0) is 14.8. The predicted octanol–water partition coefficient (Wildman–Crippen LogP) is 4.11. The van der Waals surface area contributed by atoms with Crippen molar-refractivity contribution in [3.63, 3.8) is 0 Å². The smallest absolute Gasteiger partial charge is 0.339 e. The average molecular weight is 281 g/mol. The van der Waals surface area contributed by atoms with Crippen LogP contribution in [0.2, 0.25) is 0 Å². The number of hydrogen-bond acceptors (Lipinski definition) is 3. The van der Waals surface area contributed by atoms with E-state index in [-0.39, 0.29) is 5.97 Å². The van der Waals surface area contributed by atoms with Gasteiger partial charge in [-0.05, 0) is 44.9 Å². The summed E-state index contributed by atoms with van der Waals surface area (Å²) >= 11 is 0. The van der Waals surface area contributed by atoms with E-state index < -0.39 is 0 Å². The number of hydrogen-bond donors (Lipinski definition) is 0. The van der Waals surface area contributed by atoms with E-state index in [1.54, 1.807) is 0 Å². The Morgan fingerprint density at radius 1 is 1.29 bits per heavy atom. The first-order valence-corrected chi connectivity index (χ1v) is 7.44. The molecular weight excluding hydrogens is 262 g/mol. The van der Waals surface area contributed by atoms with Gasteiger partial charge in [0.1, 0.15) is 0 Å². The summed E-state index contributed by atoms with van der Waals surface area (Å²) in [7, 11) is 0. The monoisotopic (exact) mass is 281 g/mol. The molecule has 0 unspecified atom stereocenters. The van der Waals surface area contributed by atoms with E-state index in [4.69, 9.17) is 9.72 Å². The highest BCUT2D eigenvalue weighted by atomic mass is 16.5. The fraction of sp³-hybridized carbons (Fsp3) is 0.333. The number of nitrogens with zero attached hydrogens (tertiary/aromatic N) is 1. The van der Waals surface area contributed by atoms with Crippen LogP contribution in [0.4, 0.5) is 0 Å². The van der Waals surface area contributed by atoms with Crippen molar-refractivity contribution in [2.24, 2.45) is 0 Å². The van der Waals surface area contributed by atoms with E-state index in [2.05, 4.69) is 25.1 Å². The normalized spacial score (nSPS) is 14.0. The van der Waals surface area contributed by atoms with Crippen molar-refractivity contribution in [2.75, 3.05) is 6.61 Å². The van der Waals surface area contributed by atoms with E-state index in [1.165, 1.54) is 5.56 Å². The summed E-state index contributed by atoms with van der Waals surface area (Å²) in [6.07, 6.45) is 2.22. The Labute approximate surface area is 125 Å². The minimum atomic E-state index is -0.261. The van der Waals surface area contributed by atoms with Crippen LogP contribution in [0, 0.1) is 6.92 Å². The van der Waals surface area contributed by atoms with Crippen LogP contribution >= 0.6 is 0 Å². The molecule has 0 atom stereocenters. The lowest BCUT2D eigenvalue weighted by Crippen LogP contribution is -2.09. The predicted molar refractivity (Wildman–Crippen MR) is 82.3 cm³/mol. The number of esters is 1. The molecule has 1 heterocycles. The molecule has 1 aromatic carbocycles. The third-order valence-corrected chi connectivity index (χ3v) is 3.70. The highest BCUT2D eigenvalue weighted by molar-refractivity contribution is 5.91. The van der Waals surface area contributed by atoms with Crippen LogP contribution in [0.1, 0.15) is 47.3 Å². The molecule has 3 rings (SSSR count). The van der Waals surface area contributed by atoms with Crippen LogP contribution in [-0.4, -0.2) is 17.6 Å². The van der Waals surface area contributed by atoms with E-state index >= 15 is 0 Å². The summed E-state index contributed by atoms with van der Waals surface area (Å²) in [5.41, 5.74) is 4.74. The Hall–Kier alpha value is -2.16. The van der Waals surface area contributed by atoms with Crippen LogP contribution in [0.5, 0.6) is 0 Å². The van der Waals surface area contributed by atoms with Gasteiger partial charge in [0.2, 0.25) is 0 Å². The molecule has 1 saturated carbocycles. The Bertz CT molecular complexity index is 675. The van der Waals surface area contributed by atoms with E-state index in [9.17, 15) is 4.79 Å². The molecule has 1 aliphatic carbocycles. The minimum absolute atomic E-state index is 0.261. The molecular formula is C18H19NO2. The van der Waals surface area contributed by atoms with Crippen LogP contribution < -0.4 is 0 Å². The topological polar surface area (TPSA) is 39.2 Å². The van der Waals surface area contributed by atoms with Crippen molar-refractivity contribution < 1.29 is 9.53 Å². The molecule has 2 aromatic rings. The molecule has 0 spiro atoms. The molecule has 1 aromatic heterocycles. The fourth-order valence-corrected chi connectivity index (χ4v) is 2.49. The number of carbonyl (C=O) groups excluding carboxylic acids is 1. The average Bonchev–Trinajstić information content (AvgIpc) is 3.31. The second kappa shape index (κ2) is 5.68. The lowest BCUT2D eigenvalue weighted by molar-refractivity contribution is 0.0524. The minimum Gasteiger partial charge on any atom is -0.462 e. The molecule has 1 fully saturated rings. The first-order chi connectivity index (χ1) is 10.2. The Kier molecular flexibility index (Phi) is 3.74. The van der Waals surface area contributed by atoms with E-state index in [1.807, 2.05) is 25.1 Å². The number of aromatic nitrogens is 1. The van der Waals surface area contributed by atoms with Crippen molar-refractivity contribution in [1.29, 1.82) is 0 Å². The van der Waals surface area contributed by atoms with Gasteiger partial charge in [-0.15, -0.1) is 0 Å². The van der Waals surface area contributed by atoms with Crippen molar-refractivity contribution in [2.45, 2.75) is 32.6 Å². The third-order valence-electron chi connectivity index (χ3n) is 3.70. The van der Waals surface area contributed by atoms with Gasteiger partial charge in [-0.2, -0.15) is 0 Å². The maximum atomic E-state index is 12.0. The lowest BCUT2D eigenvalue weighted by atomic mass is 10.0. The molecule has 108 valence electrons. The summed E-state index contributed by atoms with van der Waals surface area (Å²) in [6.45, 7) is 4.28. The van der Waals surface area contributed by atoms with Gasteiger partial charge in [-0.3, -0.25) is 4.98 Å². The van der Waals surface area contributed by atoms with Gasteiger partial charge in [0.25, 0.3) is 0 Å². The van der Waals surface area contributed by atoms with Crippen molar-refractivity contribution in [3.8, 4) is 11.3 Å². The second-order valence-electron chi connectivity index (χ2n) is 5.49. The van der Waals surface area contributed by atoms with Crippen LogP contribution in [0.3, 0.4) is 0 Å². The Morgan fingerprint density at radius 2 is 2.10 bits per heavy atom. The number of carbonyl (C=O) groups is 1. The maximum absolute atomic E-state index is 12.0. The molecule has 1 aliphatic rings. The van der Waals surface area contributed by atoms with Gasteiger partial charge >= 0.3 is 5.97 Å². The third kappa shape index (κ3) is 2.97. The van der Waals surface area contributed by atoms with Crippen LogP contribution in [0.15, 0.2) is 36.4 Å². The van der Waals surface area contributed by atoms with Gasteiger partial charge in [0.15, 0.2) is 0 Å². The Morgan fingerprint density at radius 3 is 2.76 bits per heavy atom. The number of aryl methyl sites for hydroxylation is 1. The zero-order valence-electron chi connectivity index (χ0n) is 12.4. The number of pyridine rings is 1. The van der Waals surface area contributed by atoms with E-state index in [0.717, 1.165) is 29.8 Å². The standard InChI is InChI=1S/C18H19NO2/c1-3-21-18(20)15-9-10-16(19-17(15)13-7-8-13)14-6-4-5-12(2)11-14/h4-6,9-11,13H,3,7-8H2,1-2H3. The van der Waals surface area contributed by atoms with E-state index in [0.29, 0.717) is 18.1 Å². The molecule has 3 nitrogen and oxygen atoms in total. The Balaban J connectivity index is 2.01. The first kappa shape index (κ1) is 13.8. The molecule has 0 bridgehead atoms. The molecule has 0 radical (unpaired) electrons. The summed E-state index contributed by atoms with van der Waals surface area (Å²) in [4.78, 5) is 16.8. The van der Waals surface area contributed by atoms with Gasteiger partial charge in [-0.1, -0.05) is 23.8 Å². The van der Waals surface area contributed by atoms with Crippen molar-refractivity contribution in [1.82, 2.24) is 4.98 Å². The summed E-state index contributed by atoms with van der Waals surface area (Å²) < 4.78 is 5.13. The SMILES string of the molecule is CCOC(=O)c1ccc(-c2cccc(C)c2)nc1C1CC1. The fourth-order valence-electron chi connectivity index (χ4n) is 2.49. The number of rotatable bonds is 4. The highest BCUT2D eigenvalue weighted by Gasteiger charge is 2.30. The molecule has 0 amide bonds. The van der Waals surface area contributed by atoms with Gasteiger partial charge in [0, 0.05) is 11.5 Å². The molecule has 0 aliphatic heterocycles. The largest absolute Gasteiger partial charge is 0.462 e. The van der Waals surface area contributed by atoms with Gasteiger partial charge < -0.3 is 4.74 Å².